The minimum atomic E-state index is 0.312. The van der Waals surface area contributed by atoms with Crippen LogP contribution in [0.1, 0.15) is 44.7 Å². The summed E-state index contributed by atoms with van der Waals surface area (Å²) >= 11 is 6.25. The third-order valence-corrected chi connectivity index (χ3v) is 3.26. The number of nitrogens with one attached hydrogen (secondary N) is 1. The van der Waals surface area contributed by atoms with Crippen LogP contribution in [0, 0.1) is 0 Å². The Kier molecular flexibility index (Phi) is 7.61. The molecule has 0 fully saturated rings. The van der Waals surface area contributed by atoms with Crippen molar-refractivity contribution < 1.29 is 4.74 Å². The number of hydrogen-bond acceptors (Lipinski definition) is 2. The highest BCUT2D eigenvalue weighted by molar-refractivity contribution is 6.32. The predicted octanol–water partition coefficient (Wildman–Crippen LogP) is 4.75. The molecule has 106 valence electrons. The summed E-state index contributed by atoms with van der Waals surface area (Å²) < 4.78 is 5.65. The molecule has 0 spiro atoms. The Balaban J connectivity index is 2.55. The van der Waals surface area contributed by atoms with E-state index in [9.17, 15) is 0 Å². The van der Waals surface area contributed by atoms with Gasteiger partial charge in [-0.05, 0) is 50.4 Å². The van der Waals surface area contributed by atoms with E-state index < -0.39 is 0 Å². The van der Waals surface area contributed by atoms with E-state index in [1.165, 1.54) is 5.56 Å². The van der Waals surface area contributed by atoms with Crippen molar-refractivity contribution >= 4 is 11.6 Å². The maximum absolute atomic E-state index is 6.25. The molecule has 0 aromatic heterocycles. The van der Waals surface area contributed by atoms with Crippen LogP contribution in [0.5, 0.6) is 5.75 Å². The molecule has 1 rings (SSSR count). The average molecular weight is 282 g/mol. The van der Waals surface area contributed by atoms with Gasteiger partial charge in [0.2, 0.25) is 0 Å². The van der Waals surface area contributed by atoms with Crippen molar-refractivity contribution in [2.45, 2.75) is 39.2 Å². The van der Waals surface area contributed by atoms with E-state index in [4.69, 9.17) is 16.3 Å². The molecule has 0 bridgehead atoms. The highest BCUT2D eigenvalue weighted by Gasteiger charge is 2.08. The second kappa shape index (κ2) is 9.00. The van der Waals surface area contributed by atoms with Crippen LogP contribution in [-0.4, -0.2) is 13.2 Å². The Morgan fingerprint density at radius 2 is 2.26 bits per heavy atom. The van der Waals surface area contributed by atoms with Crippen molar-refractivity contribution in [3.63, 3.8) is 0 Å². The minimum absolute atomic E-state index is 0.312. The van der Waals surface area contributed by atoms with Crippen LogP contribution in [-0.2, 0) is 0 Å². The topological polar surface area (TPSA) is 21.3 Å². The molecule has 0 aliphatic heterocycles. The Labute approximate surface area is 121 Å². The van der Waals surface area contributed by atoms with E-state index in [1.54, 1.807) is 0 Å². The summed E-state index contributed by atoms with van der Waals surface area (Å²) in [6, 6.07) is 6.32. The molecule has 0 saturated carbocycles. The molecule has 19 heavy (non-hydrogen) atoms. The number of halogens is 1. The van der Waals surface area contributed by atoms with Gasteiger partial charge in [0.25, 0.3) is 0 Å². The average Bonchev–Trinajstić information content (AvgIpc) is 2.42. The standard InChI is InChI=1S/C16H24ClNO/c1-4-6-7-11-19-16-9-8-14(12-15(16)17)13(3)18-10-5-2/h4,8-9,12-13,18H,1,5-7,10-11H2,2-3H3. The Hall–Kier alpha value is -0.990. The zero-order valence-corrected chi connectivity index (χ0v) is 12.7. The molecule has 0 heterocycles. The summed E-state index contributed by atoms with van der Waals surface area (Å²) in [4.78, 5) is 0. The van der Waals surface area contributed by atoms with Crippen molar-refractivity contribution in [2.24, 2.45) is 0 Å². The summed E-state index contributed by atoms with van der Waals surface area (Å²) in [5.74, 6) is 0.761. The monoisotopic (exact) mass is 281 g/mol. The minimum Gasteiger partial charge on any atom is -0.492 e. The van der Waals surface area contributed by atoms with E-state index in [-0.39, 0.29) is 0 Å². The van der Waals surface area contributed by atoms with E-state index in [0.29, 0.717) is 17.7 Å². The SMILES string of the molecule is C=CCCCOc1ccc(C(C)NCCC)cc1Cl. The smallest absolute Gasteiger partial charge is 0.137 e. The van der Waals surface area contributed by atoms with Gasteiger partial charge in [-0.3, -0.25) is 0 Å². The lowest BCUT2D eigenvalue weighted by Gasteiger charge is -2.15. The van der Waals surface area contributed by atoms with Gasteiger partial charge in [-0.25, -0.2) is 0 Å². The number of unbranched alkanes of at least 4 members (excludes halogenated alkanes) is 1. The molecule has 1 aromatic rings. The van der Waals surface area contributed by atoms with E-state index in [1.807, 2.05) is 18.2 Å². The Morgan fingerprint density at radius 3 is 2.89 bits per heavy atom. The normalized spacial score (nSPS) is 12.2. The van der Waals surface area contributed by atoms with Crippen LogP contribution >= 0.6 is 11.6 Å². The first-order valence-electron chi connectivity index (χ1n) is 6.95. The quantitative estimate of drug-likeness (QED) is 0.521. The molecule has 1 unspecified atom stereocenters. The van der Waals surface area contributed by atoms with Crippen molar-refractivity contribution in [3.8, 4) is 5.75 Å². The number of allylic oxidation sites excluding steroid dienone is 1. The summed E-state index contributed by atoms with van der Waals surface area (Å²) in [7, 11) is 0. The van der Waals surface area contributed by atoms with Crippen molar-refractivity contribution in [3.05, 3.63) is 41.4 Å². The fourth-order valence-corrected chi connectivity index (χ4v) is 2.04. The Morgan fingerprint density at radius 1 is 1.47 bits per heavy atom. The third-order valence-electron chi connectivity index (χ3n) is 2.97. The van der Waals surface area contributed by atoms with Gasteiger partial charge in [0.15, 0.2) is 0 Å². The van der Waals surface area contributed by atoms with Crippen LogP contribution < -0.4 is 10.1 Å². The van der Waals surface area contributed by atoms with Gasteiger partial charge in [-0.2, -0.15) is 0 Å². The van der Waals surface area contributed by atoms with E-state index >= 15 is 0 Å². The molecule has 0 amide bonds. The van der Waals surface area contributed by atoms with Crippen molar-refractivity contribution in [1.82, 2.24) is 5.32 Å². The largest absolute Gasteiger partial charge is 0.492 e. The van der Waals surface area contributed by atoms with Gasteiger partial charge in [0.05, 0.1) is 11.6 Å². The summed E-state index contributed by atoms with van der Waals surface area (Å²) in [5.41, 5.74) is 1.19. The molecular formula is C16H24ClNO. The van der Waals surface area contributed by atoms with E-state index in [0.717, 1.165) is 31.6 Å². The lowest BCUT2D eigenvalue weighted by atomic mass is 10.1. The number of benzene rings is 1. The van der Waals surface area contributed by atoms with Gasteiger partial charge >= 0.3 is 0 Å². The maximum Gasteiger partial charge on any atom is 0.137 e. The molecule has 1 atom stereocenters. The molecule has 0 radical (unpaired) electrons. The molecule has 0 saturated heterocycles. The summed E-state index contributed by atoms with van der Waals surface area (Å²) in [6.45, 7) is 9.68. The molecule has 0 aliphatic rings. The molecule has 0 aliphatic carbocycles. The lowest BCUT2D eigenvalue weighted by Crippen LogP contribution is -2.19. The van der Waals surface area contributed by atoms with Gasteiger partial charge in [-0.1, -0.05) is 30.7 Å². The first kappa shape index (κ1) is 16.1. The number of hydrogen-bond donors (Lipinski definition) is 1. The summed E-state index contributed by atoms with van der Waals surface area (Å²) in [5, 5.41) is 4.13. The van der Waals surface area contributed by atoms with Crippen LogP contribution in [0.25, 0.3) is 0 Å². The van der Waals surface area contributed by atoms with E-state index in [2.05, 4.69) is 31.8 Å². The second-order valence-corrected chi connectivity index (χ2v) is 5.05. The van der Waals surface area contributed by atoms with Crippen LogP contribution in [0.15, 0.2) is 30.9 Å². The second-order valence-electron chi connectivity index (χ2n) is 4.65. The zero-order chi connectivity index (χ0) is 14.1. The lowest BCUT2D eigenvalue weighted by molar-refractivity contribution is 0.312. The van der Waals surface area contributed by atoms with Crippen molar-refractivity contribution in [1.29, 1.82) is 0 Å². The van der Waals surface area contributed by atoms with Gasteiger partial charge in [0, 0.05) is 6.04 Å². The van der Waals surface area contributed by atoms with Gasteiger partial charge in [0.1, 0.15) is 5.75 Å². The number of ether oxygens (including phenoxy) is 1. The molecule has 3 heteroatoms. The number of rotatable bonds is 9. The summed E-state index contributed by atoms with van der Waals surface area (Å²) in [6.07, 6.45) is 4.96. The van der Waals surface area contributed by atoms with Crippen molar-refractivity contribution in [2.75, 3.05) is 13.2 Å². The first-order valence-corrected chi connectivity index (χ1v) is 7.33. The predicted molar refractivity (Wildman–Crippen MR) is 83.1 cm³/mol. The van der Waals surface area contributed by atoms with Crippen LogP contribution in [0.3, 0.4) is 0 Å². The maximum atomic E-state index is 6.25. The molecule has 2 nitrogen and oxygen atoms in total. The Bertz CT molecular complexity index is 392. The highest BCUT2D eigenvalue weighted by Crippen LogP contribution is 2.28. The molecule has 1 N–H and O–H groups in total. The molecular weight excluding hydrogens is 258 g/mol. The molecule has 1 aromatic carbocycles. The van der Waals surface area contributed by atoms with Crippen LogP contribution in [0.2, 0.25) is 5.02 Å². The van der Waals surface area contributed by atoms with Crippen LogP contribution in [0.4, 0.5) is 0 Å². The highest BCUT2D eigenvalue weighted by atomic mass is 35.5. The third kappa shape index (κ3) is 5.66. The zero-order valence-electron chi connectivity index (χ0n) is 11.9. The fraction of sp³-hybridized carbons (Fsp3) is 0.500. The fourth-order valence-electron chi connectivity index (χ4n) is 1.79. The van der Waals surface area contributed by atoms with Gasteiger partial charge in [-0.15, -0.1) is 6.58 Å². The first-order chi connectivity index (χ1) is 9.19. The van der Waals surface area contributed by atoms with Gasteiger partial charge < -0.3 is 10.1 Å².